The lowest BCUT2D eigenvalue weighted by Gasteiger charge is -2.30. The highest BCUT2D eigenvalue weighted by molar-refractivity contribution is 5.53. The Morgan fingerprint density at radius 2 is 1.92 bits per heavy atom. The molecule has 0 radical (unpaired) electrons. The summed E-state index contributed by atoms with van der Waals surface area (Å²) in [5.74, 6) is 1.10. The van der Waals surface area contributed by atoms with Crippen molar-refractivity contribution in [1.82, 2.24) is 20.0 Å². The molecule has 25 heavy (non-hydrogen) atoms. The molecule has 0 fully saturated rings. The fourth-order valence-electron chi connectivity index (χ4n) is 3.05. The van der Waals surface area contributed by atoms with Gasteiger partial charge in [-0.05, 0) is 48.9 Å². The maximum atomic E-state index is 13.0. The zero-order valence-electron chi connectivity index (χ0n) is 14.6. The minimum absolute atomic E-state index is 0.190. The zero-order valence-corrected chi connectivity index (χ0v) is 14.6. The molecule has 0 saturated heterocycles. The van der Waals surface area contributed by atoms with Crippen molar-refractivity contribution in [3.05, 3.63) is 66.1 Å². The van der Waals surface area contributed by atoms with E-state index >= 15 is 0 Å². The van der Waals surface area contributed by atoms with Gasteiger partial charge in [0.25, 0.3) is 0 Å². The number of hydrogen-bond donors (Lipinski definition) is 0. The molecule has 0 bridgehead atoms. The van der Waals surface area contributed by atoms with Gasteiger partial charge in [-0.3, -0.25) is 9.88 Å². The summed E-state index contributed by atoms with van der Waals surface area (Å²) in [5, 5.41) is 4.00. The summed E-state index contributed by atoms with van der Waals surface area (Å²) in [7, 11) is 2.03. The highest BCUT2D eigenvalue weighted by Gasteiger charge is 2.23. The first kappa shape index (κ1) is 17.2. The summed E-state index contributed by atoms with van der Waals surface area (Å²) < 4.78 is 18.4. The van der Waals surface area contributed by atoms with Crippen LogP contribution in [0.1, 0.15) is 31.3 Å². The van der Waals surface area contributed by atoms with E-state index in [2.05, 4.69) is 39.9 Å². The van der Waals surface area contributed by atoms with Gasteiger partial charge in [-0.2, -0.15) is 4.98 Å². The molecule has 130 valence electrons. The van der Waals surface area contributed by atoms with Gasteiger partial charge in [0, 0.05) is 24.0 Å². The lowest BCUT2D eigenvalue weighted by Crippen LogP contribution is -2.28. The van der Waals surface area contributed by atoms with Crippen molar-refractivity contribution >= 4 is 0 Å². The van der Waals surface area contributed by atoms with Gasteiger partial charge in [0.1, 0.15) is 5.82 Å². The number of nitrogens with zero attached hydrogens (tertiary/aromatic N) is 4. The Labute approximate surface area is 146 Å². The molecule has 0 aliphatic rings. The fourth-order valence-corrected chi connectivity index (χ4v) is 3.05. The van der Waals surface area contributed by atoms with Gasteiger partial charge in [-0.1, -0.05) is 25.1 Å². The number of pyridine rings is 1. The third-order valence-electron chi connectivity index (χ3n) is 4.09. The Balaban J connectivity index is 1.76. The van der Waals surface area contributed by atoms with E-state index in [0.717, 1.165) is 11.1 Å². The number of rotatable bonds is 6. The Morgan fingerprint density at radius 3 is 2.56 bits per heavy atom. The van der Waals surface area contributed by atoms with Crippen LogP contribution in [-0.2, 0) is 6.54 Å². The number of benzene rings is 1. The summed E-state index contributed by atoms with van der Waals surface area (Å²) in [6.45, 7) is 4.86. The monoisotopic (exact) mass is 340 g/mol. The van der Waals surface area contributed by atoms with Gasteiger partial charge in [-0.25, -0.2) is 4.39 Å². The van der Waals surface area contributed by atoms with Crippen LogP contribution in [0.15, 0.2) is 53.3 Å². The second-order valence-electron chi connectivity index (χ2n) is 6.41. The van der Waals surface area contributed by atoms with Crippen molar-refractivity contribution in [2.24, 2.45) is 5.92 Å². The molecule has 0 amide bonds. The van der Waals surface area contributed by atoms with Crippen molar-refractivity contribution in [1.29, 1.82) is 0 Å². The topological polar surface area (TPSA) is 55.1 Å². The van der Waals surface area contributed by atoms with Crippen molar-refractivity contribution < 1.29 is 8.91 Å². The first-order valence-electron chi connectivity index (χ1n) is 8.23. The predicted octanol–water partition coefficient (Wildman–Crippen LogP) is 4.10. The average Bonchev–Trinajstić information content (AvgIpc) is 3.04. The molecule has 0 N–H and O–H groups in total. The lowest BCUT2D eigenvalue weighted by atomic mass is 9.96. The predicted molar refractivity (Wildman–Crippen MR) is 93.0 cm³/mol. The van der Waals surface area contributed by atoms with Crippen molar-refractivity contribution in [2.45, 2.75) is 26.4 Å². The van der Waals surface area contributed by atoms with Crippen LogP contribution in [0.25, 0.3) is 11.4 Å². The quantitative estimate of drug-likeness (QED) is 0.676. The molecule has 1 aromatic carbocycles. The van der Waals surface area contributed by atoms with E-state index in [4.69, 9.17) is 4.52 Å². The second kappa shape index (κ2) is 7.53. The van der Waals surface area contributed by atoms with Crippen LogP contribution in [-0.4, -0.2) is 27.1 Å². The van der Waals surface area contributed by atoms with Gasteiger partial charge in [0.15, 0.2) is 0 Å². The number of aromatic nitrogens is 3. The number of hydrogen-bond acceptors (Lipinski definition) is 5. The normalized spacial score (nSPS) is 12.7. The summed E-state index contributed by atoms with van der Waals surface area (Å²) in [4.78, 5) is 10.8. The third-order valence-corrected chi connectivity index (χ3v) is 4.09. The Hall–Kier alpha value is -2.60. The molecule has 0 spiro atoms. The zero-order chi connectivity index (χ0) is 17.8. The van der Waals surface area contributed by atoms with Crippen LogP contribution in [0, 0.1) is 11.7 Å². The molecule has 0 aliphatic carbocycles. The third kappa shape index (κ3) is 4.09. The van der Waals surface area contributed by atoms with Gasteiger partial charge in [0.05, 0.1) is 6.54 Å². The second-order valence-corrected chi connectivity index (χ2v) is 6.41. The molecule has 2 heterocycles. The molecule has 0 unspecified atom stereocenters. The molecule has 3 aromatic rings. The maximum Gasteiger partial charge on any atom is 0.241 e. The van der Waals surface area contributed by atoms with Crippen LogP contribution in [0.3, 0.4) is 0 Å². The van der Waals surface area contributed by atoms with Gasteiger partial charge >= 0.3 is 0 Å². The molecule has 0 aliphatic heterocycles. The van der Waals surface area contributed by atoms with E-state index in [1.807, 2.05) is 19.3 Å². The summed E-state index contributed by atoms with van der Waals surface area (Å²) in [6.07, 6.45) is 3.66. The SMILES string of the molecule is CC(C)[C@@H](c1cccnc1)N(C)Cc1nc(-c2ccc(F)cc2)no1. The van der Waals surface area contributed by atoms with Gasteiger partial charge in [-0.15, -0.1) is 0 Å². The van der Waals surface area contributed by atoms with E-state index in [-0.39, 0.29) is 11.9 Å². The van der Waals surface area contributed by atoms with Crippen LogP contribution in [0.4, 0.5) is 4.39 Å². The molecule has 3 rings (SSSR count). The van der Waals surface area contributed by atoms with Gasteiger partial charge in [0.2, 0.25) is 11.7 Å². The highest BCUT2D eigenvalue weighted by atomic mass is 19.1. The lowest BCUT2D eigenvalue weighted by molar-refractivity contribution is 0.164. The minimum atomic E-state index is -0.288. The van der Waals surface area contributed by atoms with Crippen LogP contribution in [0.5, 0.6) is 0 Å². The van der Waals surface area contributed by atoms with E-state index in [1.54, 1.807) is 18.3 Å². The minimum Gasteiger partial charge on any atom is -0.338 e. The van der Waals surface area contributed by atoms with Gasteiger partial charge < -0.3 is 4.52 Å². The molecule has 2 aromatic heterocycles. The molecule has 5 nitrogen and oxygen atoms in total. The van der Waals surface area contributed by atoms with Crippen molar-refractivity contribution in [3.63, 3.8) is 0 Å². The van der Waals surface area contributed by atoms with Crippen molar-refractivity contribution in [2.75, 3.05) is 7.05 Å². The Kier molecular flexibility index (Phi) is 5.19. The summed E-state index contributed by atoms with van der Waals surface area (Å²) in [6, 6.07) is 10.3. The highest BCUT2D eigenvalue weighted by Crippen LogP contribution is 2.28. The van der Waals surface area contributed by atoms with E-state index in [9.17, 15) is 4.39 Å². The van der Waals surface area contributed by atoms with Crippen LogP contribution < -0.4 is 0 Å². The Bertz CT molecular complexity index is 802. The standard InChI is InChI=1S/C19H21FN4O/c1-13(2)18(15-5-4-10-21-11-15)24(3)12-17-22-19(23-25-17)14-6-8-16(20)9-7-14/h4-11,13,18H,12H2,1-3H3/t18-/m0/s1. The largest absolute Gasteiger partial charge is 0.338 e. The fraction of sp³-hybridized carbons (Fsp3) is 0.316. The van der Waals surface area contributed by atoms with E-state index in [1.165, 1.54) is 12.1 Å². The smallest absolute Gasteiger partial charge is 0.241 e. The van der Waals surface area contributed by atoms with Crippen LogP contribution in [0.2, 0.25) is 0 Å². The Morgan fingerprint density at radius 1 is 1.16 bits per heavy atom. The maximum absolute atomic E-state index is 13.0. The first-order chi connectivity index (χ1) is 12.0. The molecule has 1 atom stereocenters. The van der Waals surface area contributed by atoms with E-state index in [0.29, 0.717) is 24.2 Å². The molecular formula is C19H21FN4O. The first-order valence-corrected chi connectivity index (χ1v) is 8.23. The van der Waals surface area contributed by atoms with Crippen molar-refractivity contribution in [3.8, 4) is 11.4 Å². The molecule has 0 saturated carbocycles. The van der Waals surface area contributed by atoms with E-state index < -0.39 is 0 Å². The summed E-state index contributed by atoms with van der Waals surface area (Å²) in [5.41, 5.74) is 1.88. The van der Waals surface area contributed by atoms with Crippen LogP contribution >= 0.6 is 0 Å². The number of halogens is 1. The average molecular weight is 340 g/mol. The summed E-state index contributed by atoms with van der Waals surface area (Å²) >= 11 is 0. The molecular weight excluding hydrogens is 319 g/mol. The molecule has 6 heteroatoms.